The summed E-state index contributed by atoms with van der Waals surface area (Å²) in [5.41, 5.74) is 8.14. The van der Waals surface area contributed by atoms with Gasteiger partial charge < -0.3 is 10.8 Å². The van der Waals surface area contributed by atoms with Gasteiger partial charge in [0.1, 0.15) is 0 Å². The first-order valence-corrected chi connectivity index (χ1v) is 7.70. The Hall–Kier alpha value is -1.03. The van der Waals surface area contributed by atoms with Gasteiger partial charge in [-0.3, -0.25) is 9.89 Å². The van der Waals surface area contributed by atoms with Gasteiger partial charge in [-0.25, -0.2) is 0 Å². The topological polar surface area (TPSA) is 74.7 Å². The lowest BCUT2D eigenvalue weighted by molar-refractivity contribution is -0.00760. The molecule has 0 saturated heterocycles. The van der Waals surface area contributed by atoms with E-state index in [-0.39, 0.29) is 18.4 Å². The highest BCUT2D eigenvalue weighted by molar-refractivity contribution is 5.30. The Morgan fingerprint density at radius 3 is 2.10 bits per heavy atom. The van der Waals surface area contributed by atoms with E-state index in [9.17, 15) is 4.79 Å². The number of hydrogen-bond donors (Lipinski definition) is 3. The summed E-state index contributed by atoms with van der Waals surface area (Å²) in [5, 5.41) is 6.03. The molecular formula is C16H27N3O. The third kappa shape index (κ3) is 1.88. The Morgan fingerprint density at radius 1 is 1.05 bits per heavy atom. The molecule has 4 saturated carbocycles. The monoisotopic (exact) mass is 277 g/mol. The van der Waals surface area contributed by atoms with Crippen molar-refractivity contribution in [2.45, 2.75) is 57.8 Å². The van der Waals surface area contributed by atoms with Crippen molar-refractivity contribution in [1.29, 1.82) is 0 Å². The van der Waals surface area contributed by atoms with Gasteiger partial charge in [-0.1, -0.05) is 7.43 Å². The van der Waals surface area contributed by atoms with E-state index in [0.29, 0.717) is 13.0 Å². The minimum absolute atomic E-state index is 0. The molecule has 1 aromatic rings. The second kappa shape index (κ2) is 4.76. The van der Waals surface area contributed by atoms with Gasteiger partial charge in [-0.2, -0.15) is 0 Å². The van der Waals surface area contributed by atoms with Gasteiger partial charge in [0.25, 0.3) is 5.56 Å². The fraction of sp³-hybridized carbons (Fsp3) is 0.812. The van der Waals surface area contributed by atoms with E-state index in [1.54, 1.807) is 0 Å². The molecule has 0 aromatic carbocycles. The summed E-state index contributed by atoms with van der Waals surface area (Å²) in [7, 11) is 0. The summed E-state index contributed by atoms with van der Waals surface area (Å²) < 4.78 is 0. The molecule has 0 spiro atoms. The molecule has 1 heterocycles. The number of nitrogens with one attached hydrogen (secondary N) is 2. The van der Waals surface area contributed by atoms with Crippen LogP contribution in [-0.2, 0) is 11.8 Å². The Bertz CT molecular complexity index is 507. The van der Waals surface area contributed by atoms with Crippen LogP contribution in [0.2, 0.25) is 0 Å². The molecular weight excluding hydrogens is 250 g/mol. The van der Waals surface area contributed by atoms with Crippen LogP contribution in [-0.4, -0.2) is 16.7 Å². The van der Waals surface area contributed by atoms with Crippen LogP contribution in [0, 0.1) is 17.8 Å². The summed E-state index contributed by atoms with van der Waals surface area (Å²) in [6.07, 6.45) is 8.84. The van der Waals surface area contributed by atoms with Crippen molar-refractivity contribution in [3.05, 3.63) is 21.6 Å². The number of aromatic amines is 2. The van der Waals surface area contributed by atoms with E-state index in [2.05, 4.69) is 10.2 Å². The molecule has 0 aliphatic heterocycles. The third-order valence-electron chi connectivity index (χ3n) is 5.84. The number of nitrogens with two attached hydrogens (primary N) is 1. The molecule has 112 valence electrons. The average molecular weight is 277 g/mol. The molecule has 4 nitrogen and oxygen atoms in total. The van der Waals surface area contributed by atoms with Crippen LogP contribution in [0.25, 0.3) is 0 Å². The molecule has 4 N–H and O–H groups in total. The minimum Gasteiger partial charge on any atom is -0.330 e. The standard InChI is InChI=1S/C15H23N3O.CH4/c16-2-1-12-13(17-18-14(12)19)15-6-9-3-10(7-15)5-11(4-9)8-15;/h9-11H,1-8,16H2,(H2,17,18,19);1H4. The second-order valence-corrected chi connectivity index (χ2v) is 7.17. The first-order valence-electron chi connectivity index (χ1n) is 7.70. The molecule has 1 aromatic heterocycles. The van der Waals surface area contributed by atoms with Crippen molar-refractivity contribution in [3.8, 4) is 0 Å². The molecule has 4 fully saturated rings. The lowest BCUT2D eigenvalue weighted by Crippen LogP contribution is -2.49. The lowest BCUT2D eigenvalue weighted by Gasteiger charge is -2.56. The largest absolute Gasteiger partial charge is 0.330 e. The Kier molecular flexibility index (Phi) is 3.32. The van der Waals surface area contributed by atoms with Crippen molar-refractivity contribution >= 4 is 0 Å². The zero-order chi connectivity index (χ0) is 13.0. The molecule has 5 rings (SSSR count). The van der Waals surface area contributed by atoms with Gasteiger partial charge in [0.2, 0.25) is 0 Å². The van der Waals surface area contributed by atoms with E-state index < -0.39 is 0 Å². The number of H-pyrrole nitrogens is 2. The van der Waals surface area contributed by atoms with Gasteiger partial charge in [-0.05, 0) is 69.2 Å². The highest BCUT2D eigenvalue weighted by Gasteiger charge is 2.53. The third-order valence-corrected chi connectivity index (χ3v) is 5.84. The Morgan fingerprint density at radius 2 is 1.60 bits per heavy atom. The van der Waals surface area contributed by atoms with Crippen LogP contribution in [0.5, 0.6) is 0 Å². The van der Waals surface area contributed by atoms with Crippen LogP contribution in [0.15, 0.2) is 4.79 Å². The number of rotatable bonds is 3. The van der Waals surface area contributed by atoms with E-state index in [0.717, 1.165) is 23.3 Å². The van der Waals surface area contributed by atoms with E-state index in [1.165, 1.54) is 44.2 Å². The molecule has 0 unspecified atom stereocenters. The molecule has 4 bridgehead atoms. The summed E-state index contributed by atoms with van der Waals surface area (Å²) in [6.45, 7) is 0.556. The fourth-order valence-electron chi connectivity index (χ4n) is 5.64. The molecule has 4 aliphatic rings. The lowest BCUT2D eigenvalue weighted by atomic mass is 9.48. The summed E-state index contributed by atoms with van der Waals surface area (Å²) in [5.74, 6) is 2.70. The smallest absolute Gasteiger partial charge is 0.267 e. The maximum absolute atomic E-state index is 12.0. The summed E-state index contributed by atoms with van der Waals surface area (Å²) in [4.78, 5) is 12.0. The average Bonchev–Trinajstić information content (AvgIpc) is 2.70. The molecule has 4 aliphatic carbocycles. The normalized spacial score (nSPS) is 38.0. The highest BCUT2D eigenvalue weighted by Crippen LogP contribution is 2.60. The summed E-state index contributed by atoms with van der Waals surface area (Å²) >= 11 is 0. The quantitative estimate of drug-likeness (QED) is 0.793. The van der Waals surface area contributed by atoms with E-state index in [1.807, 2.05) is 0 Å². The molecule has 0 atom stereocenters. The van der Waals surface area contributed by atoms with Gasteiger partial charge in [-0.15, -0.1) is 0 Å². The Labute approximate surface area is 120 Å². The molecule has 20 heavy (non-hydrogen) atoms. The van der Waals surface area contributed by atoms with Crippen LogP contribution in [0.1, 0.15) is 57.2 Å². The zero-order valence-electron chi connectivity index (χ0n) is 11.4. The van der Waals surface area contributed by atoms with Crippen molar-refractivity contribution in [2.24, 2.45) is 23.5 Å². The summed E-state index contributed by atoms with van der Waals surface area (Å²) in [6, 6.07) is 0. The van der Waals surface area contributed by atoms with Crippen molar-refractivity contribution in [2.75, 3.05) is 6.54 Å². The van der Waals surface area contributed by atoms with Crippen LogP contribution >= 0.6 is 0 Å². The number of aromatic nitrogens is 2. The molecule has 0 amide bonds. The maximum Gasteiger partial charge on any atom is 0.267 e. The maximum atomic E-state index is 12.0. The predicted octanol–water partition coefficient (Wildman–Crippen LogP) is 2.31. The zero-order valence-corrected chi connectivity index (χ0v) is 11.4. The molecule has 0 radical (unpaired) electrons. The fourth-order valence-corrected chi connectivity index (χ4v) is 5.64. The minimum atomic E-state index is 0. The van der Waals surface area contributed by atoms with E-state index >= 15 is 0 Å². The first-order chi connectivity index (χ1) is 9.20. The predicted molar refractivity (Wildman–Crippen MR) is 80.8 cm³/mol. The van der Waals surface area contributed by atoms with E-state index in [4.69, 9.17) is 5.73 Å². The Balaban J connectivity index is 0.00000121. The van der Waals surface area contributed by atoms with Gasteiger partial charge >= 0.3 is 0 Å². The van der Waals surface area contributed by atoms with Crippen LogP contribution < -0.4 is 11.3 Å². The second-order valence-electron chi connectivity index (χ2n) is 7.17. The SMILES string of the molecule is C.NCCc1c(C23CC4CC(CC(C4)C2)C3)[nH][nH]c1=O. The van der Waals surface area contributed by atoms with Gasteiger partial charge in [0.05, 0.1) is 0 Å². The van der Waals surface area contributed by atoms with Crippen molar-refractivity contribution < 1.29 is 0 Å². The van der Waals surface area contributed by atoms with Gasteiger partial charge in [0.15, 0.2) is 0 Å². The number of hydrogen-bond acceptors (Lipinski definition) is 2. The van der Waals surface area contributed by atoms with Crippen molar-refractivity contribution in [3.63, 3.8) is 0 Å². The van der Waals surface area contributed by atoms with Crippen LogP contribution in [0.4, 0.5) is 0 Å². The van der Waals surface area contributed by atoms with Crippen molar-refractivity contribution in [1.82, 2.24) is 10.2 Å². The molecule has 4 heteroatoms. The first kappa shape index (κ1) is 13.9. The van der Waals surface area contributed by atoms with Gasteiger partial charge in [0, 0.05) is 16.7 Å². The van der Waals surface area contributed by atoms with Crippen LogP contribution in [0.3, 0.4) is 0 Å². The highest BCUT2D eigenvalue weighted by atomic mass is 16.1.